The fourth-order valence-corrected chi connectivity index (χ4v) is 3.45. The molecule has 1 aliphatic rings. The molecule has 1 aliphatic heterocycles. The van der Waals surface area contributed by atoms with Crippen LogP contribution in [-0.4, -0.2) is 50.2 Å². The Hall–Kier alpha value is -2.40. The zero-order valence-electron chi connectivity index (χ0n) is 15.9. The number of carbonyl (C=O) groups is 1. The number of piperazine rings is 1. The lowest BCUT2D eigenvalue weighted by atomic mass is 10.2. The number of methoxy groups -OCH3 is 1. The van der Waals surface area contributed by atoms with Crippen LogP contribution in [0.5, 0.6) is 11.5 Å². The molecule has 0 bridgehead atoms. The molecule has 0 N–H and O–H groups in total. The number of halogens is 1. The Labute approximate surface area is 165 Å². The summed E-state index contributed by atoms with van der Waals surface area (Å²) in [6.07, 6.45) is -0.530. The molecule has 1 heterocycles. The van der Waals surface area contributed by atoms with E-state index in [0.717, 1.165) is 30.1 Å². The van der Waals surface area contributed by atoms with Gasteiger partial charge in [0.1, 0.15) is 11.5 Å². The molecule has 1 unspecified atom stereocenters. The van der Waals surface area contributed by atoms with E-state index in [0.29, 0.717) is 23.9 Å². The minimum atomic E-state index is -0.530. The first-order valence-corrected chi connectivity index (χ1v) is 9.46. The van der Waals surface area contributed by atoms with Crippen molar-refractivity contribution in [3.63, 3.8) is 0 Å². The van der Waals surface area contributed by atoms with Gasteiger partial charge in [0.25, 0.3) is 5.91 Å². The number of aryl methyl sites for hydroxylation is 1. The van der Waals surface area contributed by atoms with E-state index in [-0.39, 0.29) is 5.91 Å². The number of benzene rings is 2. The summed E-state index contributed by atoms with van der Waals surface area (Å²) in [4.78, 5) is 16.9. The van der Waals surface area contributed by atoms with Crippen LogP contribution in [0.2, 0.25) is 5.02 Å². The summed E-state index contributed by atoms with van der Waals surface area (Å²) >= 11 is 5.98. The van der Waals surface area contributed by atoms with Crippen LogP contribution in [0.25, 0.3) is 0 Å². The maximum atomic E-state index is 12.7. The van der Waals surface area contributed by atoms with Crippen molar-refractivity contribution in [2.24, 2.45) is 0 Å². The van der Waals surface area contributed by atoms with Gasteiger partial charge in [-0.1, -0.05) is 11.6 Å². The van der Waals surface area contributed by atoms with Gasteiger partial charge in [-0.2, -0.15) is 0 Å². The van der Waals surface area contributed by atoms with Crippen LogP contribution in [0.4, 0.5) is 5.69 Å². The second-order valence-electron chi connectivity index (χ2n) is 6.68. The van der Waals surface area contributed by atoms with E-state index in [1.807, 2.05) is 48.2 Å². The van der Waals surface area contributed by atoms with Gasteiger partial charge in [-0.15, -0.1) is 0 Å². The fraction of sp³-hybridized carbons (Fsp3) is 0.381. The highest BCUT2D eigenvalue weighted by Gasteiger charge is 2.26. The van der Waals surface area contributed by atoms with Gasteiger partial charge in [-0.25, -0.2) is 0 Å². The van der Waals surface area contributed by atoms with E-state index in [2.05, 4.69) is 4.90 Å². The number of anilines is 1. The zero-order valence-corrected chi connectivity index (χ0v) is 16.7. The Bertz CT molecular complexity index is 787. The van der Waals surface area contributed by atoms with Crippen LogP contribution < -0.4 is 14.4 Å². The Morgan fingerprint density at radius 3 is 2.33 bits per heavy atom. The Kier molecular flexibility index (Phi) is 6.11. The molecule has 2 aromatic carbocycles. The zero-order chi connectivity index (χ0) is 19.4. The van der Waals surface area contributed by atoms with E-state index in [1.165, 1.54) is 0 Å². The number of hydrogen-bond acceptors (Lipinski definition) is 4. The Balaban J connectivity index is 1.55. The lowest BCUT2D eigenvalue weighted by Gasteiger charge is -2.37. The lowest BCUT2D eigenvalue weighted by Crippen LogP contribution is -2.52. The largest absolute Gasteiger partial charge is 0.497 e. The minimum absolute atomic E-state index is 0.0127. The topological polar surface area (TPSA) is 42.0 Å². The standard InChI is InChI=1S/C21H25ClN2O3/c1-15-14-17(22)4-9-20(15)27-16(2)21(25)24-12-10-23(11-13-24)18-5-7-19(26-3)8-6-18/h4-9,14,16H,10-13H2,1-3H3. The molecule has 1 fully saturated rings. The highest BCUT2D eigenvalue weighted by Crippen LogP contribution is 2.24. The van der Waals surface area contributed by atoms with Crippen LogP contribution in [0, 0.1) is 6.92 Å². The summed E-state index contributed by atoms with van der Waals surface area (Å²) in [5, 5.41) is 0.661. The van der Waals surface area contributed by atoms with Crippen molar-refractivity contribution in [1.82, 2.24) is 4.90 Å². The number of ether oxygens (including phenoxy) is 2. The van der Waals surface area contributed by atoms with Crippen molar-refractivity contribution >= 4 is 23.2 Å². The average Bonchev–Trinajstić information content (AvgIpc) is 2.69. The molecule has 6 heteroatoms. The summed E-state index contributed by atoms with van der Waals surface area (Å²) in [6.45, 7) is 6.67. The van der Waals surface area contributed by atoms with Gasteiger partial charge < -0.3 is 19.3 Å². The molecule has 0 aliphatic carbocycles. The minimum Gasteiger partial charge on any atom is -0.497 e. The SMILES string of the molecule is COc1ccc(N2CCN(C(=O)C(C)Oc3ccc(Cl)cc3C)CC2)cc1. The molecule has 1 atom stereocenters. The lowest BCUT2D eigenvalue weighted by molar-refractivity contribution is -0.138. The van der Waals surface area contributed by atoms with Gasteiger partial charge in [0.15, 0.2) is 6.10 Å². The molecule has 5 nitrogen and oxygen atoms in total. The maximum Gasteiger partial charge on any atom is 0.263 e. The quantitative estimate of drug-likeness (QED) is 0.781. The fourth-order valence-electron chi connectivity index (χ4n) is 3.22. The predicted octanol–water partition coefficient (Wildman–Crippen LogP) is 3.77. The van der Waals surface area contributed by atoms with Gasteiger partial charge in [0.2, 0.25) is 0 Å². The van der Waals surface area contributed by atoms with Gasteiger partial charge >= 0.3 is 0 Å². The second kappa shape index (κ2) is 8.53. The summed E-state index contributed by atoms with van der Waals surface area (Å²) in [5.74, 6) is 1.55. The van der Waals surface area contributed by atoms with Crippen LogP contribution in [0.1, 0.15) is 12.5 Å². The summed E-state index contributed by atoms with van der Waals surface area (Å²) in [7, 11) is 1.66. The molecule has 27 heavy (non-hydrogen) atoms. The van der Waals surface area contributed by atoms with Crippen LogP contribution in [0.3, 0.4) is 0 Å². The summed E-state index contributed by atoms with van der Waals surface area (Å²) < 4.78 is 11.1. The normalized spacial score (nSPS) is 15.4. The van der Waals surface area contributed by atoms with Gasteiger partial charge in [-0.3, -0.25) is 4.79 Å². The van der Waals surface area contributed by atoms with Crippen LogP contribution in [0.15, 0.2) is 42.5 Å². The molecule has 0 radical (unpaired) electrons. The number of hydrogen-bond donors (Lipinski definition) is 0. The molecule has 3 rings (SSSR count). The van der Waals surface area contributed by atoms with Crippen LogP contribution >= 0.6 is 11.6 Å². The molecular weight excluding hydrogens is 364 g/mol. The molecule has 1 amide bonds. The van der Waals surface area contributed by atoms with Gasteiger partial charge in [-0.05, 0) is 61.9 Å². The Morgan fingerprint density at radius 2 is 1.74 bits per heavy atom. The van der Waals surface area contributed by atoms with Crippen molar-refractivity contribution in [3.05, 3.63) is 53.1 Å². The van der Waals surface area contributed by atoms with Crippen molar-refractivity contribution in [2.75, 3.05) is 38.2 Å². The average molecular weight is 389 g/mol. The second-order valence-corrected chi connectivity index (χ2v) is 7.12. The molecule has 1 saturated heterocycles. The summed E-state index contributed by atoms with van der Waals surface area (Å²) in [5.41, 5.74) is 2.07. The molecular formula is C21H25ClN2O3. The first-order valence-electron chi connectivity index (χ1n) is 9.08. The van der Waals surface area contributed by atoms with Crippen molar-refractivity contribution in [1.29, 1.82) is 0 Å². The maximum absolute atomic E-state index is 12.7. The van der Waals surface area contributed by atoms with E-state index in [4.69, 9.17) is 21.1 Å². The highest BCUT2D eigenvalue weighted by atomic mass is 35.5. The molecule has 0 saturated carbocycles. The monoisotopic (exact) mass is 388 g/mol. The third kappa shape index (κ3) is 4.66. The molecule has 144 valence electrons. The number of nitrogens with zero attached hydrogens (tertiary/aromatic N) is 2. The van der Waals surface area contributed by atoms with E-state index >= 15 is 0 Å². The van der Waals surface area contributed by atoms with E-state index in [1.54, 1.807) is 20.1 Å². The predicted molar refractivity (Wildman–Crippen MR) is 108 cm³/mol. The number of rotatable bonds is 5. The Morgan fingerprint density at radius 1 is 1.07 bits per heavy atom. The van der Waals surface area contributed by atoms with E-state index < -0.39 is 6.10 Å². The smallest absolute Gasteiger partial charge is 0.263 e. The molecule has 0 aromatic heterocycles. The highest BCUT2D eigenvalue weighted by molar-refractivity contribution is 6.30. The van der Waals surface area contributed by atoms with Gasteiger partial charge in [0, 0.05) is 36.9 Å². The van der Waals surface area contributed by atoms with Crippen molar-refractivity contribution in [2.45, 2.75) is 20.0 Å². The molecule has 0 spiro atoms. The third-order valence-electron chi connectivity index (χ3n) is 4.82. The van der Waals surface area contributed by atoms with Crippen LogP contribution in [-0.2, 0) is 4.79 Å². The van der Waals surface area contributed by atoms with Gasteiger partial charge in [0.05, 0.1) is 7.11 Å². The first kappa shape index (κ1) is 19.4. The van der Waals surface area contributed by atoms with E-state index in [9.17, 15) is 4.79 Å². The summed E-state index contributed by atoms with van der Waals surface area (Å²) in [6, 6.07) is 13.4. The first-order chi connectivity index (χ1) is 13.0. The third-order valence-corrected chi connectivity index (χ3v) is 5.05. The number of amides is 1. The molecule has 2 aromatic rings. The van der Waals surface area contributed by atoms with Crippen molar-refractivity contribution < 1.29 is 14.3 Å². The number of carbonyl (C=O) groups excluding carboxylic acids is 1. The van der Waals surface area contributed by atoms with Crippen molar-refractivity contribution in [3.8, 4) is 11.5 Å².